The summed E-state index contributed by atoms with van der Waals surface area (Å²) in [6, 6.07) is 0. The average Bonchev–Trinajstić information content (AvgIpc) is 3.28. The molecule has 1 aliphatic heterocycles. The molecule has 25 heavy (non-hydrogen) atoms. The standard InChI is InChI=1S/C16H22N6O3/c1-3-4-22-10(2)12(6-18-22)16(25)21-8-11(5-15(23)24)13(9-21)14-7-17-20-19-14/h6-7,11,13H,3-5,8-9H2,1-2H3,(H,23,24)(H,17,19,20)/t11-,13+/m0/s1. The minimum Gasteiger partial charge on any atom is -0.481 e. The Morgan fingerprint density at radius 3 is 2.80 bits per heavy atom. The number of hydrogen-bond donors (Lipinski definition) is 2. The fraction of sp³-hybridized carbons (Fsp3) is 0.562. The zero-order valence-corrected chi connectivity index (χ0v) is 14.3. The SMILES string of the molecule is CCCn1ncc(C(=O)N2C[C@H](CC(=O)O)[C@H](c3cn[nH]n3)C2)c1C. The molecule has 9 heteroatoms. The van der Waals surface area contributed by atoms with Gasteiger partial charge in [0.2, 0.25) is 0 Å². The molecule has 0 spiro atoms. The predicted octanol–water partition coefficient (Wildman–Crippen LogP) is 1.05. The molecular formula is C16H22N6O3. The van der Waals surface area contributed by atoms with Crippen LogP contribution in [0.2, 0.25) is 0 Å². The second kappa shape index (κ2) is 7.04. The van der Waals surface area contributed by atoms with E-state index in [4.69, 9.17) is 0 Å². The number of H-pyrrole nitrogens is 1. The lowest BCUT2D eigenvalue weighted by Crippen LogP contribution is -2.29. The lowest BCUT2D eigenvalue weighted by molar-refractivity contribution is -0.138. The molecule has 2 aromatic heterocycles. The average molecular weight is 346 g/mol. The summed E-state index contributed by atoms with van der Waals surface area (Å²) in [6.07, 6.45) is 4.13. The summed E-state index contributed by atoms with van der Waals surface area (Å²) in [5.41, 5.74) is 2.11. The third kappa shape index (κ3) is 3.40. The first-order chi connectivity index (χ1) is 12.0. The summed E-state index contributed by atoms with van der Waals surface area (Å²) in [4.78, 5) is 25.8. The molecule has 2 N–H and O–H groups in total. The zero-order chi connectivity index (χ0) is 18.0. The Bertz CT molecular complexity index is 754. The topological polar surface area (TPSA) is 117 Å². The second-order valence-corrected chi connectivity index (χ2v) is 6.44. The number of aromatic nitrogens is 5. The number of aromatic amines is 1. The van der Waals surface area contributed by atoms with Crippen molar-refractivity contribution < 1.29 is 14.7 Å². The first-order valence-corrected chi connectivity index (χ1v) is 8.40. The van der Waals surface area contributed by atoms with Gasteiger partial charge < -0.3 is 10.0 Å². The van der Waals surface area contributed by atoms with E-state index in [1.807, 2.05) is 11.6 Å². The Morgan fingerprint density at radius 2 is 2.16 bits per heavy atom. The number of nitrogens with zero attached hydrogens (tertiary/aromatic N) is 5. The minimum atomic E-state index is -0.875. The number of rotatable bonds is 6. The van der Waals surface area contributed by atoms with Crippen LogP contribution in [0.25, 0.3) is 0 Å². The maximum absolute atomic E-state index is 12.9. The highest BCUT2D eigenvalue weighted by molar-refractivity contribution is 5.95. The van der Waals surface area contributed by atoms with Crippen molar-refractivity contribution in [2.75, 3.05) is 13.1 Å². The molecule has 1 amide bonds. The largest absolute Gasteiger partial charge is 0.481 e. The maximum Gasteiger partial charge on any atom is 0.303 e. The minimum absolute atomic E-state index is 0.00458. The van der Waals surface area contributed by atoms with Crippen LogP contribution in [0, 0.1) is 12.8 Å². The molecule has 1 aliphatic rings. The van der Waals surface area contributed by atoms with E-state index in [1.165, 1.54) is 0 Å². The van der Waals surface area contributed by atoms with E-state index in [9.17, 15) is 14.7 Å². The van der Waals surface area contributed by atoms with E-state index >= 15 is 0 Å². The van der Waals surface area contributed by atoms with Crippen molar-refractivity contribution in [2.45, 2.75) is 39.2 Å². The normalized spacial score (nSPS) is 20.2. The molecule has 1 saturated heterocycles. The lowest BCUT2D eigenvalue weighted by Gasteiger charge is -2.16. The number of carbonyl (C=O) groups excluding carboxylic acids is 1. The van der Waals surface area contributed by atoms with Crippen LogP contribution < -0.4 is 0 Å². The number of carboxylic acids is 1. The number of carboxylic acid groups (broad SMARTS) is 1. The summed E-state index contributed by atoms with van der Waals surface area (Å²) in [6.45, 7) is 5.53. The molecule has 0 aromatic carbocycles. The summed E-state index contributed by atoms with van der Waals surface area (Å²) >= 11 is 0. The number of amides is 1. The van der Waals surface area contributed by atoms with Crippen molar-refractivity contribution in [3.8, 4) is 0 Å². The molecule has 0 saturated carbocycles. The molecule has 3 heterocycles. The Kier molecular flexibility index (Phi) is 4.82. The molecule has 2 atom stereocenters. The zero-order valence-electron chi connectivity index (χ0n) is 14.3. The molecular weight excluding hydrogens is 324 g/mol. The van der Waals surface area contributed by atoms with Gasteiger partial charge in [-0.15, -0.1) is 0 Å². The smallest absolute Gasteiger partial charge is 0.303 e. The van der Waals surface area contributed by atoms with Gasteiger partial charge in [-0.1, -0.05) is 6.92 Å². The predicted molar refractivity (Wildman–Crippen MR) is 88.0 cm³/mol. The van der Waals surface area contributed by atoms with Gasteiger partial charge in [0.15, 0.2) is 0 Å². The Labute approximate surface area is 145 Å². The number of aryl methyl sites for hydroxylation is 1. The van der Waals surface area contributed by atoms with Gasteiger partial charge in [0.05, 0.1) is 30.1 Å². The molecule has 134 valence electrons. The fourth-order valence-corrected chi connectivity index (χ4v) is 3.46. The van der Waals surface area contributed by atoms with Gasteiger partial charge in [0.25, 0.3) is 5.91 Å². The molecule has 3 rings (SSSR count). The third-order valence-electron chi connectivity index (χ3n) is 4.75. The van der Waals surface area contributed by atoms with Crippen LogP contribution in [0.15, 0.2) is 12.4 Å². The highest BCUT2D eigenvalue weighted by atomic mass is 16.4. The summed E-state index contributed by atoms with van der Waals surface area (Å²) in [5, 5.41) is 23.9. The first kappa shape index (κ1) is 17.1. The van der Waals surface area contributed by atoms with Crippen LogP contribution in [-0.4, -0.2) is 60.2 Å². The number of hydrogen-bond acceptors (Lipinski definition) is 5. The summed E-state index contributed by atoms with van der Waals surface area (Å²) < 4.78 is 1.83. The second-order valence-electron chi connectivity index (χ2n) is 6.44. The van der Waals surface area contributed by atoms with E-state index in [0.717, 1.165) is 18.7 Å². The Morgan fingerprint density at radius 1 is 1.36 bits per heavy atom. The molecule has 0 unspecified atom stereocenters. The van der Waals surface area contributed by atoms with Crippen LogP contribution in [-0.2, 0) is 11.3 Å². The molecule has 2 aromatic rings. The van der Waals surface area contributed by atoms with E-state index in [2.05, 4.69) is 27.4 Å². The van der Waals surface area contributed by atoms with Crippen molar-refractivity contribution in [2.24, 2.45) is 5.92 Å². The van der Waals surface area contributed by atoms with Gasteiger partial charge in [0, 0.05) is 31.2 Å². The Balaban J connectivity index is 1.80. The van der Waals surface area contributed by atoms with Gasteiger partial charge >= 0.3 is 5.97 Å². The van der Waals surface area contributed by atoms with E-state index in [-0.39, 0.29) is 24.2 Å². The van der Waals surface area contributed by atoms with Crippen molar-refractivity contribution in [3.63, 3.8) is 0 Å². The number of aliphatic carboxylic acids is 1. The van der Waals surface area contributed by atoms with Crippen LogP contribution in [0.3, 0.4) is 0 Å². The molecule has 0 bridgehead atoms. The highest BCUT2D eigenvalue weighted by Gasteiger charge is 2.39. The van der Waals surface area contributed by atoms with Gasteiger partial charge in [-0.25, -0.2) is 0 Å². The van der Waals surface area contributed by atoms with Crippen molar-refractivity contribution in [1.82, 2.24) is 30.1 Å². The van der Waals surface area contributed by atoms with Gasteiger partial charge in [0.1, 0.15) is 0 Å². The van der Waals surface area contributed by atoms with Crippen molar-refractivity contribution in [1.29, 1.82) is 0 Å². The summed E-state index contributed by atoms with van der Waals surface area (Å²) in [7, 11) is 0. The summed E-state index contributed by atoms with van der Waals surface area (Å²) in [5.74, 6) is -1.30. The quantitative estimate of drug-likeness (QED) is 0.807. The third-order valence-corrected chi connectivity index (χ3v) is 4.75. The van der Waals surface area contributed by atoms with E-state index in [0.29, 0.717) is 24.3 Å². The molecule has 0 radical (unpaired) electrons. The van der Waals surface area contributed by atoms with Crippen LogP contribution in [0.5, 0.6) is 0 Å². The van der Waals surface area contributed by atoms with Gasteiger partial charge in [-0.05, 0) is 19.3 Å². The fourth-order valence-electron chi connectivity index (χ4n) is 3.46. The lowest BCUT2D eigenvalue weighted by atomic mass is 9.91. The van der Waals surface area contributed by atoms with Crippen molar-refractivity contribution >= 4 is 11.9 Å². The molecule has 9 nitrogen and oxygen atoms in total. The molecule has 1 fully saturated rings. The van der Waals surface area contributed by atoms with Gasteiger partial charge in [-0.3, -0.25) is 14.3 Å². The Hall–Kier alpha value is -2.71. The van der Waals surface area contributed by atoms with Crippen LogP contribution >= 0.6 is 0 Å². The monoisotopic (exact) mass is 346 g/mol. The van der Waals surface area contributed by atoms with E-state index < -0.39 is 5.97 Å². The maximum atomic E-state index is 12.9. The van der Waals surface area contributed by atoms with Gasteiger partial charge in [-0.2, -0.15) is 20.5 Å². The first-order valence-electron chi connectivity index (χ1n) is 8.40. The number of carbonyl (C=O) groups is 2. The number of likely N-dealkylation sites (tertiary alicyclic amines) is 1. The highest BCUT2D eigenvalue weighted by Crippen LogP contribution is 2.34. The number of nitrogens with one attached hydrogen (secondary N) is 1. The van der Waals surface area contributed by atoms with Crippen LogP contribution in [0.1, 0.15) is 47.4 Å². The molecule has 0 aliphatic carbocycles. The van der Waals surface area contributed by atoms with Crippen molar-refractivity contribution in [3.05, 3.63) is 29.3 Å². The van der Waals surface area contributed by atoms with E-state index in [1.54, 1.807) is 17.3 Å². The van der Waals surface area contributed by atoms with Crippen LogP contribution in [0.4, 0.5) is 0 Å².